The summed E-state index contributed by atoms with van der Waals surface area (Å²) in [6.45, 7) is 0. The lowest BCUT2D eigenvalue weighted by atomic mass is 10.0. The maximum atomic E-state index is 6.55. The van der Waals surface area contributed by atoms with Gasteiger partial charge in [-0.15, -0.1) is 22.9 Å². The van der Waals surface area contributed by atoms with Gasteiger partial charge in [0.15, 0.2) is 0 Å². The Morgan fingerprint density at radius 1 is 0.850 bits per heavy atom. The topological polar surface area (TPSA) is 0 Å². The van der Waals surface area contributed by atoms with Crippen molar-refractivity contribution >= 4 is 45.5 Å². The molecular formula is C17H12ClIS. The first-order chi connectivity index (χ1) is 9.74. The van der Waals surface area contributed by atoms with Crippen LogP contribution in [-0.4, -0.2) is 0 Å². The zero-order chi connectivity index (χ0) is 13.9. The molecule has 0 aliphatic carbocycles. The van der Waals surface area contributed by atoms with Crippen LogP contribution >= 0.6 is 45.5 Å². The highest BCUT2D eigenvalue weighted by Gasteiger charge is 2.12. The van der Waals surface area contributed by atoms with Gasteiger partial charge < -0.3 is 0 Å². The van der Waals surface area contributed by atoms with Crippen LogP contribution in [0, 0.1) is 2.88 Å². The molecule has 2 aromatic carbocycles. The van der Waals surface area contributed by atoms with Crippen LogP contribution in [0.4, 0.5) is 0 Å². The van der Waals surface area contributed by atoms with Crippen molar-refractivity contribution in [3.05, 3.63) is 80.1 Å². The van der Waals surface area contributed by atoms with Gasteiger partial charge in [-0.25, -0.2) is 0 Å². The molecular weight excluding hydrogens is 399 g/mol. The lowest BCUT2D eigenvalue weighted by Gasteiger charge is -2.09. The van der Waals surface area contributed by atoms with Crippen LogP contribution < -0.4 is 0 Å². The SMILES string of the molecule is ClC(c1ccc(-c2ccccc2)cc1)c1csc(I)c1. The molecule has 0 aliphatic heterocycles. The monoisotopic (exact) mass is 410 g/mol. The molecule has 1 aromatic heterocycles. The maximum absolute atomic E-state index is 6.55. The van der Waals surface area contributed by atoms with Crippen LogP contribution in [-0.2, 0) is 0 Å². The minimum Gasteiger partial charge on any atom is -0.137 e. The number of halogens is 2. The van der Waals surface area contributed by atoms with Crippen molar-refractivity contribution in [2.24, 2.45) is 0 Å². The number of hydrogen-bond donors (Lipinski definition) is 0. The third-order valence-electron chi connectivity index (χ3n) is 3.19. The summed E-state index contributed by atoms with van der Waals surface area (Å²) in [6.07, 6.45) is 0. The predicted molar refractivity (Wildman–Crippen MR) is 96.6 cm³/mol. The minimum atomic E-state index is -0.0698. The van der Waals surface area contributed by atoms with E-state index in [4.69, 9.17) is 11.6 Å². The second-order valence-corrected chi connectivity index (χ2v) is 7.78. The molecule has 3 rings (SSSR count). The summed E-state index contributed by atoms with van der Waals surface area (Å²) in [5, 5.41) is 2.06. The fraction of sp³-hybridized carbons (Fsp3) is 0.0588. The summed E-state index contributed by atoms with van der Waals surface area (Å²) in [5.41, 5.74) is 4.77. The van der Waals surface area contributed by atoms with Crippen LogP contribution in [0.3, 0.4) is 0 Å². The molecule has 100 valence electrons. The van der Waals surface area contributed by atoms with E-state index in [0.29, 0.717) is 0 Å². The fourth-order valence-corrected chi connectivity index (χ4v) is 3.87. The number of hydrogen-bond acceptors (Lipinski definition) is 1. The average molecular weight is 411 g/mol. The number of benzene rings is 2. The Hall–Kier alpha value is -0.840. The molecule has 0 bridgehead atoms. The molecule has 0 saturated carbocycles. The smallest absolute Gasteiger partial charge is 0.0843 e. The van der Waals surface area contributed by atoms with Gasteiger partial charge in [-0.1, -0.05) is 54.6 Å². The summed E-state index contributed by atoms with van der Waals surface area (Å²) < 4.78 is 1.27. The van der Waals surface area contributed by atoms with E-state index in [-0.39, 0.29) is 5.38 Å². The van der Waals surface area contributed by atoms with Crippen molar-refractivity contribution in [1.29, 1.82) is 0 Å². The first-order valence-electron chi connectivity index (χ1n) is 6.27. The van der Waals surface area contributed by atoms with Gasteiger partial charge in [0.25, 0.3) is 0 Å². The Morgan fingerprint density at radius 3 is 2.10 bits per heavy atom. The van der Waals surface area contributed by atoms with Gasteiger partial charge >= 0.3 is 0 Å². The molecule has 3 heteroatoms. The Labute approximate surface area is 141 Å². The van der Waals surface area contributed by atoms with E-state index >= 15 is 0 Å². The molecule has 0 N–H and O–H groups in total. The molecule has 3 aromatic rings. The maximum Gasteiger partial charge on any atom is 0.0843 e. The molecule has 0 spiro atoms. The van der Waals surface area contributed by atoms with E-state index in [1.165, 1.54) is 19.6 Å². The lowest BCUT2D eigenvalue weighted by Crippen LogP contribution is -1.91. The highest BCUT2D eigenvalue weighted by atomic mass is 127. The summed E-state index contributed by atoms with van der Waals surface area (Å²) in [6, 6.07) is 21.0. The summed E-state index contributed by atoms with van der Waals surface area (Å²) in [5.74, 6) is 0. The molecule has 0 saturated heterocycles. The molecule has 0 amide bonds. The van der Waals surface area contributed by atoms with Gasteiger partial charge in [0.05, 0.1) is 8.26 Å². The highest BCUT2D eigenvalue weighted by molar-refractivity contribution is 14.1. The summed E-state index contributed by atoms with van der Waals surface area (Å²) >= 11 is 10.6. The molecule has 20 heavy (non-hydrogen) atoms. The third kappa shape index (κ3) is 3.08. The second-order valence-electron chi connectivity index (χ2n) is 4.53. The van der Waals surface area contributed by atoms with Gasteiger partial charge in [0, 0.05) is 0 Å². The molecule has 0 radical (unpaired) electrons. The van der Waals surface area contributed by atoms with Crippen molar-refractivity contribution in [2.75, 3.05) is 0 Å². The van der Waals surface area contributed by atoms with Gasteiger partial charge in [-0.05, 0) is 56.3 Å². The van der Waals surface area contributed by atoms with E-state index in [1.54, 1.807) is 11.3 Å². The molecule has 1 unspecified atom stereocenters. The van der Waals surface area contributed by atoms with Gasteiger partial charge in [0.2, 0.25) is 0 Å². The third-order valence-corrected chi connectivity index (χ3v) is 5.50. The quantitative estimate of drug-likeness (QED) is 0.349. The Morgan fingerprint density at radius 2 is 1.50 bits per heavy atom. The molecule has 0 fully saturated rings. The Kier molecular flexibility index (Phi) is 4.44. The predicted octanol–water partition coefficient (Wildman–Crippen LogP) is 6.35. The molecule has 0 aliphatic rings. The largest absolute Gasteiger partial charge is 0.137 e. The van der Waals surface area contributed by atoms with Crippen LogP contribution in [0.2, 0.25) is 0 Å². The average Bonchev–Trinajstić information content (AvgIpc) is 2.94. The van der Waals surface area contributed by atoms with Crippen molar-refractivity contribution in [3.63, 3.8) is 0 Å². The number of alkyl halides is 1. The highest BCUT2D eigenvalue weighted by Crippen LogP contribution is 2.33. The fourth-order valence-electron chi connectivity index (χ4n) is 2.12. The summed E-state index contributed by atoms with van der Waals surface area (Å²) in [4.78, 5) is 0. The zero-order valence-electron chi connectivity index (χ0n) is 10.6. The van der Waals surface area contributed by atoms with Crippen molar-refractivity contribution in [3.8, 4) is 11.1 Å². The molecule has 1 heterocycles. The van der Waals surface area contributed by atoms with E-state index in [2.05, 4.69) is 82.6 Å². The van der Waals surface area contributed by atoms with Gasteiger partial charge in [0.1, 0.15) is 0 Å². The molecule has 1 atom stereocenters. The Bertz CT molecular complexity index is 689. The van der Waals surface area contributed by atoms with Gasteiger partial charge in [-0.3, -0.25) is 0 Å². The zero-order valence-corrected chi connectivity index (χ0v) is 14.3. The van der Waals surface area contributed by atoms with E-state index < -0.39 is 0 Å². The van der Waals surface area contributed by atoms with Crippen molar-refractivity contribution in [2.45, 2.75) is 5.38 Å². The molecule has 0 nitrogen and oxygen atoms in total. The first kappa shape index (κ1) is 14.1. The van der Waals surface area contributed by atoms with Crippen LogP contribution in [0.15, 0.2) is 66.0 Å². The number of thiophene rings is 1. The van der Waals surface area contributed by atoms with Crippen molar-refractivity contribution < 1.29 is 0 Å². The van der Waals surface area contributed by atoms with Gasteiger partial charge in [-0.2, -0.15) is 0 Å². The van der Waals surface area contributed by atoms with E-state index in [9.17, 15) is 0 Å². The lowest BCUT2D eigenvalue weighted by molar-refractivity contribution is 1.15. The van der Waals surface area contributed by atoms with Crippen LogP contribution in [0.5, 0.6) is 0 Å². The first-order valence-corrected chi connectivity index (χ1v) is 8.67. The standard InChI is InChI=1S/C17H12ClIS/c18-17(15-10-16(19)20-11-15)14-8-6-13(7-9-14)12-4-2-1-3-5-12/h1-11,17H. The summed E-state index contributed by atoms with van der Waals surface area (Å²) in [7, 11) is 0. The Balaban J connectivity index is 1.86. The van der Waals surface area contributed by atoms with Crippen LogP contribution in [0.25, 0.3) is 11.1 Å². The number of rotatable bonds is 3. The minimum absolute atomic E-state index is 0.0698. The van der Waals surface area contributed by atoms with E-state index in [0.717, 1.165) is 5.56 Å². The van der Waals surface area contributed by atoms with Crippen LogP contribution in [0.1, 0.15) is 16.5 Å². The normalized spacial score (nSPS) is 12.3. The second kappa shape index (κ2) is 6.29. The van der Waals surface area contributed by atoms with Crippen molar-refractivity contribution in [1.82, 2.24) is 0 Å². The van der Waals surface area contributed by atoms with E-state index in [1.807, 2.05) is 6.07 Å².